The van der Waals surface area contributed by atoms with Gasteiger partial charge in [-0.2, -0.15) is 0 Å². The highest BCUT2D eigenvalue weighted by molar-refractivity contribution is 7.98. The van der Waals surface area contributed by atoms with Crippen LogP contribution in [0, 0.1) is 6.92 Å². The van der Waals surface area contributed by atoms with Crippen LogP contribution in [0.3, 0.4) is 0 Å². The molecular formula is C21H22N4S3. The molecule has 0 saturated carbocycles. The molecule has 3 heterocycles. The van der Waals surface area contributed by atoms with E-state index in [1.54, 1.807) is 34.4 Å². The van der Waals surface area contributed by atoms with Crippen molar-refractivity contribution in [3.8, 4) is 22.0 Å². The van der Waals surface area contributed by atoms with E-state index in [0.717, 1.165) is 33.0 Å². The predicted molar refractivity (Wildman–Crippen MR) is 120 cm³/mol. The van der Waals surface area contributed by atoms with E-state index in [1.807, 2.05) is 7.05 Å². The quantitative estimate of drug-likeness (QED) is 0.335. The number of thioether (sulfide) groups is 1. The van der Waals surface area contributed by atoms with Gasteiger partial charge < -0.3 is 4.57 Å². The van der Waals surface area contributed by atoms with Crippen LogP contribution in [0.2, 0.25) is 0 Å². The van der Waals surface area contributed by atoms with Crippen LogP contribution < -0.4 is 0 Å². The molecule has 4 aromatic rings. The Morgan fingerprint density at radius 2 is 1.82 bits per heavy atom. The zero-order chi connectivity index (χ0) is 19.7. The largest absolute Gasteiger partial charge is 0.305 e. The van der Waals surface area contributed by atoms with Gasteiger partial charge in [0.1, 0.15) is 5.01 Å². The Bertz CT molecular complexity index is 1070. The van der Waals surface area contributed by atoms with Gasteiger partial charge in [-0.05, 0) is 18.9 Å². The van der Waals surface area contributed by atoms with Gasteiger partial charge in [-0.1, -0.05) is 55.4 Å². The number of hydrogen-bond donors (Lipinski definition) is 0. The molecule has 4 nitrogen and oxygen atoms in total. The Hall–Kier alpha value is -1.96. The van der Waals surface area contributed by atoms with E-state index in [9.17, 15) is 0 Å². The lowest BCUT2D eigenvalue weighted by Gasteiger charge is -2.02. The lowest BCUT2D eigenvalue weighted by molar-refractivity contribution is 0.793. The SMILES string of the molecule is Cc1ccc(-c2nc(CSc3nnc(-c4csc(C(C)C)c4)n3C)cs2)cc1. The van der Waals surface area contributed by atoms with E-state index < -0.39 is 0 Å². The minimum atomic E-state index is 0.535. The first-order valence-corrected chi connectivity index (χ1v) is 11.9. The van der Waals surface area contributed by atoms with Gasteiger partial charge in [-0.25, -0.2) is 4.98 Å². The third-order valence-corrected chi connectivity index (χ3v) is 7.71. The molecule has 0 aliphatic rings. The first-order valence-electron chi connectivity index (χ1n) is 9.13. The molecule has 0 amide bonds. The van der Waals surface area contributed by atoms with Crippen LogP contribution in [0.25, 0.3) is 22.0 Å². The summed E-state index contributed by atoms with van der Waals surface area (Å²) < 4.78 is 2.07. The van der Waals surface area contributed by atoms with Gasteiger partial charge >= 0.3 is 0 Å². The third kappa shape index (κ3) is 4.06. The molecule has 0 atom stereocenters. The summed E-state index contributed by atoms with van der Waals surface area (Å²) in [6, 6.07) is 10.7. The maximum atomic E-state index is 4.78. The number of thiazole rings is 1. The van der Waals surface area contributed by atoms with Crippen LogP contribution in [0.15, 0.2) is 46.2 Å². The minimum Gasteiger partial charge on any atom is -0.305 e. The van der Waals surface area contributed by atoms with Crippen molar-refractivity contribution in [3.05, 3.63) is 57.2 Å². The fourth-order valence-electron chi connectivity index (χ4n) is 2.81. The summed E-state index contributed by atoms with van der Waals surface area (Å²) in [7, 11) is 2.03. The Morgan fingerprint density at radius 3 is 2.54 bits per heavy atom. The smallest absolute Gasteiger partial charge is 0.191 e. The number of thiophene rings is 1. The van der Waals surface area contributed by atoms with Gasteiger partial charge in [0.15, 0.2) is 11.0 Å². The summed E-state index contributed by atoms with van der Waals surface area (Å²) in [5, 5.41) is 15.1. The van der Waals surface area contributed by atoms with Crippen molar-refractivity contribution in [2.75, 3.05) is 0 Å². The molecule has 0 fully saturated rings. The summed E-state index contributed by atoms with van der Waals surface area (Å²) in [5.41, 5.74) is 4.66. The van der Waals surface area contributed by atoms with Crippen molar-refractivity contribution in [1.82, 2.24) is 19.7 Å². The van der Waals surface area contributed by atoms with Crippen molar-refractivity contribution in [3.63, 3.8) is 0 Å². The molecule has 0 N–H and O–H groups in total. The Kier molecular flexibility index (Phi) is 5.66. The normalized spacial score (nSPS) is 11.5. The maximum absolute atomic E-state index is 4.78. The van der Waals surface area contributed by atoms with Crippen LogP contribution in [-0.4, -0.2) is 19.7 Å². The second-order valence-corrected chi connectivity index (χ2v) is 9.80. The molecule has 7 heteroatoms. The molecule has 0 aliphatic carbocycles. The second kappa shape index (κ2) is 8.19. The summed E-state index contributed by atoms with van der Waals surface area (Å²) in [6.07, 6.45) is 0. The number of benzene rings is 1. The number of aromatic nitrogens is 4. The van der Waals surface area contributed by atoms with E-state index in [-0.39, 0.29) is 0 Å². The number of rotatable bonds is 6. The topological polar surface area (TPSA) is 43.6 Å². The van der Waals surface area contributed by atoms with Gasteiger partial charge in [0, 0.05) is 39.6 Å². The lowest BCUT2D eigenvalue weighted by Crippen LogP contribution is -1.94. The highest BCUT2D eigenvalue weighted by atomic mass is 32.2. The predicted octanol–water partition coefficient (Wildman–Crippen LogP) is 6.39. The highest BCUT2D eigenvalue weighted by Crippen LogP contribution is 2.32. The molecule has 0 spiro atoms. The fourth-order valence-corrected chi connectivity index (χ4v) is 5.44. The molecule has 28 heavy (non-hydrogen) atoms. The first kappa shape index (κ1) is 19.4. The monoisotopic (exact) mass is 426 g/mol. The van der Waals surface area contributed by atoms with Crippen molar-refractivity contribution < 1.29 is 0 Å². The van der Waals surface area contributed by atoms with Crippen LogP contribution >= 0.6 is 34.4 Å². The maximum Gasteiger partial charge on any atom is 0.191 e. The summed E-state index contributed by atoms with van der Waals surface area (Å²) in [4.78, 5) is 6.16. The highest BCUT2D eigenvalue weighted by Gasteiger charge is 2.15. The van der Waals surface area contributed by atoms with Gasteiger partial charge in [0.2, 0.25) is 0 Å². The Morgan fingerprint density at radius 1 is 1.04 bits per heavy atom. The van der Waals surface area contributed by atoms with Crippen molar-refractivity contribution >= 4 is 34.4 Å². The average Bonchev–Trinajstić information content (AvgIpc) is 3.40. The molecule has 144 valence electrons. The summed E-state index contributed by atoms with van der Waals surface area (Å²) in [6.45, 7) is 6.53. The van der Waals surface area contributed by atoms with Gasteiger partial charge in [-0.15, -0.1) is 32.9 Å². The molecule has 0 bridgehead atoms. The van der Waals surface area contributed by atoms with E-state index >= 15 is 0 Å². The second-order valence-electron chi connectivity index (χ2n) is 7.06. The molecule has 0 saturated heterocycles. The van der Waals surface area contributed by atoms with E-state index in [2.05, 4.69) is 76.6 Å². The fraction of sp³-hybridized carbons (Fsp3) is 0.286. The van der Waals surface area contributed by atoms with Crippen molar-refractivity contribution in [1.29, 1.82) is 0 Å². The molecule has 4 rings (SSSR count). The van der Waals surface area contributed by atoms with Crippen LogP contribution in [-0.2, 0) is 12.8 Å². The van der Waals surface area contributed by atoms with Crippen molar-refractivity contribution in [2.45, 2.75) is 37.6 Å². The minimum absolute atomic E-state index is 0.535. The number of aryl methyl sites for hydroxylation is 1. The molecule has 0 radical (unpaired) electrons. The van der Waals surface area contributed by atoms with Crippen LogP contribution in [0.4, 0.5) is 0 Å². The van der Waals surface area contributed by atoms with E-state index in [0.29, 0.717) is 5.92 Å². The molecule has 3 aromatic heterocycles. The van der Waals surface area contributed by atoms with E-state index in [1.165, 1.54) is 16.0 Å². The van der Waals surface area contributed by atoms with Gasteiger partial charge in [-0.3, -0.25) is 0 Å². The summed E-state index contributed by atoms with van der Waals surface area (Å²) >= 11 is 5.15. The number of nitrogens with zero attached hydrogens (tertiary/aromatic N) is 4. The van der Waals surface area contributed by atoms with Crippen LogP contribution in [0.5, 0.6) is 0 Å². The number of hydrogen-bond acceptors (Lipinski definition) is 6. The van der Waals surface area contributed by atoms with E-state index in [4.69, 9.17) is 4.98 Å². The standard InChI is InChI=1S/C21H22N4S3/c1-13(2)18-9-16(10-26-18)19-23-24-21(25(19)4)28-12-17-11-27-20(22-17)15-7-5-14(3)6-8-15/h5-11,13H,12H2,1-4H3. The molecule has 1 aromatic carbocycles. The van der Waals surface area contributed by atoms with Gasteiger partial charge in [0.05, 0.1) is 5.69 Å². The average molecular weight is 427 g/mol. The van der Waals surface area contributed by atoms with Crippen LogP contribution in [0.1, 0.15) is 35.9 Å². The summed E-state index contributed by atoms with van der Waals surface area (Å²) in [5.74, 6) is 2.24. The Balaban J connectivity index is 1.46. The zero-order valence-corrected chi connectivity index (χ0v) is 18.8. The van der Waals surface area contributed by atoms with Crippen molar-refractivity contribution in [2.24, 2.45) is 7.05 Å². The third-order valence-electron chi connectivity index (χ3n) is 4.48. The molecular weight excluding hydrogens is 404 g/mol. The molecule has 0 aliphatic heterocycles. The Labute approximate surface area is 177 Å². The zero-order valence-electron chi connectivity index (χ0n) is 16.3. The van der Waals surface area contributed by atoms with Gasteiger partial charge in [0.25, 0.3) is 0 Å². The first-order chi connectivity index (χ1) is 13.5. The lowest BCUT2D eigenvalue weighted by atomic mass is 10.1. The molecule has 0 unspecified atom stereocenters.